The molecule has 25 heavy (non-hydrogen) atoms. The smallest absolute Gasteiger partial charge is 0.103 e. The van der Waals surface area contributed by atoms with Crippen LogP contribution in [0.3, 0.4) is 0 Å². The third-order valence-corrected chi connectivity index (χ3v) is 5.17. The van der Waals surface area contributed by atoms with Gasteiger partial charge in [0, 0.05) is 37.3 Å². The summed E-state index contributed by atoms with van der Waals surface area (Å²) >= 11 is 0. The number of aromatic nitrogens is 1. The van der Waals surface area contributed by atoms with E-state index >= 15 is 0 Å². The summed E-state index contributed by atoms with van der Waals surface area (Å²) in [6.07, 6.45) is 4.49. The van der Waals surface area contributed by atoms with Crippen LogP contribution in [0.15, 0.2) is 18.3 Å². The predicted molar refractivity (Wildman–Crippen MR) is 98.8 cm³/mol. The minimum atomic E-state index is 0.162. The first-order chi connectivity index (χ1) is 12.2. The third kappa shape index (κ3) is 3.33. The molecule has 5 nitrogen and oxygen atoms in total. The Kier molecular flexibility index (Phi) is 4.32. The van der Waals surface area contributed by atoms with Crippen molar-refractivity contribution in [3.05, 3.63) is 35.0 Å². The van der Waals surface area contributed by atoms with Crippen molar-refractivity contribution in [1.82, 2.24) is 9.88 Å². The van der Waals surface area contributed by atoms with Crippen molar-refractivity contribution in [2.45, 2.75) is 38.8 Å². The molecule has 2 heterocycles. The van der Waals surface area contributed by atoms with Crippen molar-refractivity contribution >= 4 is 16.6 Å². The number of ether oxygens (including phenoxy) is 1. The lowest BCUT2D eigenvalue weighted by Gasteiger charge is -2.33. The Balaban J connectivity index is 1.58. The number of aryl methyl sites for hydroxylation is 2. The minimum absolute atomic E-state index is 0.162. The second-order valence-electron chi connectivity index (χ2n) is 7.24. The monoisotopic (exact) mass is 336 g/mol. The van der Waals surface area contributed by atoms with Gasteiger partial charge in [0.25, 0.3) is 0 Å². The van der Waals surface area contributed by atoms with Gasteiger partial charge in [-0.15, -0.1) is 0 Å². The van der Waals surface area contributed by atoms with Crippen molar-refractivity contribution in [2.75, 3.05) is 31.6 Å². The second kappa shape index (κ2) is 6.62. The van der Waals surface area contributed by atoms with E-state index in [1.165, 1.54) is 18.4 Å². The highest BCUT2D eigenvalue weighted by atomic mass is 16.5. The van der Waals surface area contributed by atoms with Crippen molar-refractivity contribution in [3.8, 4) is 6.07 Å². The molecule has 5 heteroatoms. The standard InChI is InChI=1S/C20H24N4O/c1-13-7-14(2)19-18(8-13)20(15(9-21)10-22-19)23-11-17-12-24(5-6-25-17)16-3-4-16/h7-8,10,16-17H,3-6,11-12H2,1-2H3,(H,22,23). The molecule has 1 saturated heterocycles. The fourth-order valence-corrected chi connectivity index (χ4v) is 3.79. The highest BCUT2D eigenvalue weighted by Gasteiger charge is 2.32. The van der Waals surface area contributed by atoms with E-state index in [1.807, 2.05) is 0 Å². The van der Waals surface area contributed by atoms with Gasteiger partial charge < -0.3 is 10.1 Å². The van der Waals surface area contributed by atoms with E-state index in [4.69, 9.17) is 4.74 Å². The van der Waals surface area contributed by atoms with Gasteiger partial charge in [-0.05, 0) is 38.3 Å². The Morgan fingerprint density at radius 3 is 2.96 bits per heavy atom. The normalized spacial score (nSPS) is 21.2. The van der Waals surface area contributed by atoms with E-state index in [0.29, 0.717) is 12.1 Å². The van der Waals surface area contributed by atoms with Crippen LogP contribution in [0.1, 0.15) is 29.5 Å². The van der Waals surface area contributed by atoms with Gasteiger partial charge in [0.1, 0.15) is 6.07 Å². The summed E-state index contributed by atoms with van der Waals surface area (Å²) in [5, 5.41) is 14.0. The number of benzene rings is 1. The quantitative estimate of drug-likeness (QED) is 0.930. The van der Waals surface area contributed by atoms with E-state index in [0.717, 1.165) is 47.9 Å². The zero-order valence-corrected chi connectivity index (χ0v) is 14.9. The van der Waals surface area contributed by atoms with Gasteiger partial charge in [0.2, 0.25) is 0 Å². The zero-order chi connectivity index (χ0) is 17.4. The van der Waals surface area contributed by atoms with Crippen molar-refractivity contribution in [1.29, 1.82) is 5.26 Å². The zero-order valence-electron chi connectivity index (χ0n) is 14.9. The molecule has 1 aliphatic carbocycles. The van der Waals surface area contributed by atoms with Crippen molar-refractivity contribution < 1.29 is 4.74 Å². The number of nitriles is 1. The minimum Gasteiger partial charge on any atom is -0.381 e. The first kappa shape index (κ1) is 16.3. The Morgan fingerprint density at radius 2 is 2.20 bits per heavy atom. The Labute approximate surface area is 148 Å². The number of morpholine rings is 1. The lowest BCUT2D eigenvalue weighted by molar-refractivity contribution is -0.0241. The molecule has 1 atom stereocenters. The Morgan fingerprint density at radius 1 is 1.36 bits per heavy atom. The molecule has 1 aromatic heterocycles. The van der Waals surface area contributed by atoms with Crippen LogP contribution >= 0.6 is 0 Å². The van der Waals surface area contributed by atoms with Crippen LogP contribution in [0.2, 0.25) is 0 Å². The molecule has 4 rings (SSSR count). The van der Waals surface area contributed by atoms with Crippen LogP contribution in [-0.2, 0) is 4.74 Å². The molecule has 0 radical (unpaired) electrons. The number of anilines is 1. The van der Waals surface area contributed by atoms with E-state index < -0.39 is 0 Å². The fourth-order valence-electron chi connectivity index (χ4n) is 3.79. The number of pyridine rings is 1. The molecule has 1 aliphatic heterocycles. The molecular formula is C20H24N4O. The molecule has 0 bridgehead atoms. The molecule has 1 saturated carbocycles. The number of rotatable bonds is 4. The van der Waals surface area contributed by atoms with Gasteiger partial charge in [-0.3, -0.25) is 9.88 Å². The highest BCUT2D eigenvalue weighted by Crippen LogP contribution is 2.30. The maximum Gasteiger partial charge on any atom is 0.103 e. The summed E-state index contributed by atoms with van der Waals surface area (Å²) in [5.41, 5.74) is 4.74. The molecule has 0 spiro atoms. The predicted octanol–water partition coefficient (Wildman–Crippen LogP) is 3.00. The molecule has 1 N–H and O–H groups in total. The van der Waals surface area contributed by atoms with Gasteiger partial charge in [-0.25, -0.2) is 0 Å². The summed E-state index contributed by atoms with van der Waals surface area (Å²) in [7, 11) is 0. The fraction of sp³-hybridized carbons (Fsp3) is 0.500. The topological polar surface area (TPSA) is 61.2 Å². The van der Waals surface area contributed by atoms with Gasteiger partial charge in [-0.1, -0.05) is 11.6 Å². The van der Waals surface area contributed by atoms with Gasteiger partial charge in [0.15, 0.2) is 0 Å². The average Bonchev–Trinajstić information content (AvgIpc) is 3.45. The molecular weight excluding hydrogens is 312 g/mol. The summed E-state index contributed by atoms with van der Waals surface area (Å²) in [4.78, 5) is 7.03. The lowest BCUT2D eigenvalue weighted by atomic mass is 10.0. The van der Waals surface area contributed by atoms with E-state index in [2.05, 4.69) is 47.3 Å². The highest BCUT2D eigenvalue weighted by molar-refractivity contribution is 5.96. The van der Waals surface area contributed by atoms with Gasteiger partial charge in [0.05, 0.1) is 29.5 Å². The molecule has 2 aromatic rings. The lowest BCUT2D eigenvalue weighted by Crippen LogP contribution is -2.46. The Hall–Kier alpha value is -2.16. The maximum absolute atomic E-state index is 9.51. The number of fused-ring (bicyclic) bond motifs is 1. The SMILES string of the molecule is Cc1cc(C)c2ncc(C#N)c(NCC3CN(C4CC4)CCO3)c2c1. The van der Waals surface area contributed by atoms with Crippen molar-refractivity contribution in [2.24, 2.45) is 0 Å². The summed E-state index contributed by atoms with van der Waals surface area (Å²) in [6, 6.07) is 7.28. The summed E-state index contributed by atoms with van der Waals surface area (Å²) in [6.45, 7) is 7.66. The maximum atomic E-state index is 9.51. The number of nitrogens with one attached hydrogen (secondary N) is 1. The molecule has 130 valence electrons. The molecule has 1 aromatic carbocycles. The van der Waals surface area contributed by atoms with E-state index in [1.54, 1.807) is 6.20 Å². The molecule has 2 fully saturated rings. The van der Waals surface area contributed by atoms with Gasteiger partial charge in [-0.2, -0.15) is 5.26 Å². The van der Waals surface area contributed by atoms with Gasteiger partial charge >= 0.3 is 0 Å². The van der Waals surface area contributed by atoms with E-state index in [9.17, 15) is 5.26 Å². The average molecular weight is 336 g/mol. The first-order valence-electron chi connectivity index (χ1n) is 9.05. The Bertz CT molecular complexity index is 838. The number of nitrogens with zero attached hydrogens (tertiary/aromatic N) is 3. The number of hydrogen-bond donors (Lipinski definition) is 1. The molecule has 1 unspecified atom stereocenters. The van der Waals surface area contributed by atoms with Crippen LogP contribution < -0.4 is 5.32 Å². The molecule has 2 aliphatic rings. The van der Waals surface area contributed by atoms with Crippen LogP contribution in [0, 0.1) is 25.2 Å². The van der Waals surface area contributed by atoms with Crippen LogP contribution in [-0.4, -0.2) is 48.3 Å². The largest absolute Gasteiger partial charge is 0.381 e. The second-order valence-corrected chi connectivity index (χ2v) is 7.24. The van der Waals surface area contributed by atoms with E-state index in [-0.39, 0.29) is 6.10 Å². The summed E-state index contributed by atoms with van der Waals surface area (Å²) < 4.78 is 5.94. The van der Waals surface area contributed by atoms with Crippen molar-refractivity contribution in [3.63, 3.8) is 0 Å². The van der Waals surface area contributed by atoms with Crippen LogP contribution in [0.5, 0.6) is 0 Å². The van der Waals surface area contributed by atoms with Crippen LogP contribution in [0.4, 0.5) is 5.69 Å². The number of hydrogen-bond acceptors (Lipinski definition) is 5. The molecule has 0 amide bonds. The third-order valence-electron chi connectivity index (χ3n) is 5.17. The summed E-state index contributed by atoms with van der Waals surface area (Å²) in [5.74, 6) is 0. The first-order valence-corrected chi connectivity index (χ1v) is 9.05. The van der Waals surface area contributed by atoms with Crippen LogP contribution in [0.25, 0.3) is 10.9 Å².